The Kier molecular flexibility index (Phi) is 4.66. The molecule has 9 heteroatoms. The number of carboxylic acid groups (broad SMARTS) is 1. The van der Waals surface area contributed by atoms with Crippen molar-refractivity contribution in [1.29, 1.82) is 0 Å². The molecule has 3 heterocycles. The molecule has 1 aliphatic heterocycles. The fourth-order valence-corrected chi connectivity index (χ4v) is 4.61. The Bertz CT molecular complexity index is 1160. The van der Waals surface area contributed by atoms with Gasteiger partial charge in [0.15, 0.2) is 5.76 Å². The highest BCUT2D eigenvalue weighted by atomic mass is 32.2. The van der Waals surface area contributed by atoms with Crippen LogP contribution in [-0.2, 0) is 14.8 Å². The minimum Gasteiger partial charge on any atom is -0.478 e. The molecule has 0 unspecified atom stereocenters. The van der Waals surface area contributed by atoms with E-state index in [0.29, 0.717) is 35.9 Å². The number of carbonyl (C=O) groups is 1. The van der Waals surface area contributed by atoms with Crippen molar-refractivity contribution in [3.05, 3.63) is 47.7 Å². The minimum absolute atomic E-state index is 0.0342. The molecule has 0 bridgehead atoms. The van der Waals surface area contributed by atoms with Crippen molar-refractivity contribution in [2.45, 2.75) is 11.8 Å². The van der Waals surface area contributed by atoms with Crippen LogP contribution in [0.15, 0.2) is 45.7 Å². The zero-order valence-electron chi connectivity index (χ0n) is 15.1. The molecular weight excluding hydrogens is 384 g/mol. The highest BCUT2D eigenvalue weighted by Gasteiger charge is 2.27. The largest absolute Gasteiger partial charge is 0.478 e. The topological polar surface area (TPSA) is 110 Å². The van der Waals surface area contributed by atoms with Crippen molar-refractivity contribution in [2.75, 3.05) is 26.3 Å². The molecule has 1 saturated heterocycles. The van der Waals surface area contributed by atoms with Crippen LogP contribution in [0.5, 0.6) is 0 Å². The predicted molar refractivity (Wildman–Crippen MR) is 101 cm³/mol. The number of benzene rings is 1. The maximum Gasteiger partial charge on any atom is 0.336 e. The number of aryl methyl sites for hydroxylation is 1. The second kappa shape index (κ2) is 7.01. The third-order valence-corrected chi connectivity index (χ3v) is 6.51. The Morgan fingerprint density at radius 1 is 1.14 bits per heavy atom. The van der Waals surface area contributed by atoms with Gasteiger partial charge in [-0.15, -0.1) is 0 Å². The second-order valence-corrected chi connectivity index (χ2v) is 8.40. The number of sulfonamides is 1. The van der Waals surface area contributed by atoms with Crippen molar-refractivity contribution in [3.63, 3.8) is 0 Å². The van der Waals surface area contributed by atoms with Crippen LogP contribution in [0.1, 0.15) is 16.1 Å². The first-order valence-electron chi connectivity index (χ1n) is 8.69. The Balaban J connectivity index is 1.85. The van der Waals surface area contributed by atoms with E-state index in [1.165, 1.54) is 28.6 Å². The summed E-state index contributed by atoms with van der Waals surface area (Å²) >= 11 is 0. The van der Waals surface area contributed by atoms with E-state index < -0.39 is 16.0 Å². The summed E-state index contributed by atoms with van der Waals surface area (Å²) in [6.07, 6.45) is 0. The van der Waals surface area contributed by atoms with Crippen molar-refractivity contribution < 1.29 is 27.5 Å². The molecule has 3 aromatic rings. The number of furan rings is 1. The van der Waals surface area contributed by atoms with Crippen LogP contribution in [0.25, 0.3) is 22.4 Å². The van der Waals surface area contributed by atoms with E-state index in [2.05, 4.69) is 4.98 Å². The number of fused-ring (bicyclic) bond motifs is 1. The maximum absolute atomic E-state index is 12.9. The number of aromatic nitrogens is 1. The van der Waals surface area contributed by atoms with Gasteiger partial charge in [-0.3, -0.25) is 0 Å². The molecule has 1 aromatic carbocycles. The van der Waals surface area contributed by atoms with Crippen LogP contribution in [0.2, 0.25) is 0 Å². The average molecular weight is 402 g/mol. The van der Waals surface area contributed by atoms with Crippen molar-refractivity contribution >= 4 is 26.9 Å². The number of morpholine rings is 1. The zero-order chi connectivity index (χ0) is 19.9. The summed E-state index contributed by atoms with van der Waals surface area (Å²) in [5.74, 6) is -0.0366. The molecule has 0 radical (unpaired) electrons. The zero-order valence-corrected chi connectivity index (χ0v) is 15.9. The molecule has 1 aliphatic rings. The van der Waals surface area contributed by atoms with Gasteiger partial charge in [-0.2, -0.15) is 4.31 Å². The van der Waals surface area contributed by atoms with Crippen molar-refractivity contribution in [3.8, 4) is 11.5 Å². The third kappa shape index (κ3) is 3.28. The van der Waals surface area contributed by atoms with E-state index in [1.54, 1.807) is 19.1 Å². The standard InChI is InChI=1S/C19H18N2O6S/c1-12-2-5-18(27-12)17-11-15(19(22)23)14-10-13(3-4-16(14)20-17)28(24,25)21-6-8-26-9-7-21/h2-5,10-11H,6-9H2,1H3,(H,22,23). The first kappa shape index (κ1) is 18.6. The lowest BCUT2D eigenvalue weighted by Gasteiger charge is -2.26. The lowest BCUT2D eigenvalue weighted by molar-refractivity contribution is 0.0699. The van der Waals surface area contributed by atoms with Gasteiger partial charge >= 0.3 is 5.97 Å². The van der Waals surface area contributed by atoms with E-state index >= 15 is 0 Å². The van der Waals surface area contributed by atoms with Gasteiger partial charge in [0.25, 0.3) is 0 Å². The summed E-state index contributed by atoms with van der Waals surface area (Å²) in [7, 11) is -3.74. The molecule has 0 amide bonds. The van der Waals surface area contributed by atoms with Crippen LogP contribution in [-0.4, -0.2) is 55.1 Å². The molecule has 1 N–H and O–H groups in total. The lowest BCUT2D eigenvalue weighted by atomic mass is 10.1. The third-order valence-electron chi connectivity index (χ3n) is 4.61. The second-order valence-electron chi connectivity index (χ2n) is 6.47. The molecule has 0 aliphatic carbocycles. The van der Waals surface area contributed by atoms with Crippen LogP contribution in [0.4, 0.5) is 0 Å². The number of hydrogen-bond acceptors (Lipinski definition) is 6. The Morgan fingerprint density at radius 3 is 2.54 bits per heavy atom. The van der Waals surface area contributed by atoms with Crippen LogP contribution in [0.3, 0.4) is 0 Å². The number of rotatable bonds is 4. The molecule has 28 heavy (non-hydrogen) atoms. The highest BCUT2D eigenvalue weighted by Crippen LogP contribution is 2.29. The number of pyridine rings is 1. The van der Waals surface area contributed by atoms with Crippen LogP contribution >= 0.6 is 0 Å². The van der Waals surface area contributed by atoms with E-state index in [9.17, 15) is 18.3 Å². The van der Waals surface area contributed by atoms with Crippen LogP contribution < -0.4 is 0 Å². The highest BCUT2D eigenvalue weighted by molar-refractivity contribution is 7.89. The molecular formula is C19H18N2O6S. The fourth-order valence-electron chi connectivity index (χ4n) is 3.18. The van der Waals surface area contributed by atoms with E-state index in [4.69, 9.17) is 9.15 Å². The summed E-state index contributed by atoms with van der Waals surface area (Å²) in [6.45, 7) is 2.98. The summed E-state index contributed by atoms with van der Waals surface area (Å²) in [5, 5.41) is 9.93. The normalized spacial score (nSPS) is 15.8. The van der Waals surface area contributed by atoms with E-state index in [1.807, 2.05) is 0 Å². The van der Waals surface area contributed by atoms with Gasteiger partial charge in [0.1, 0.15) is 11.5 Å². The molecule has 4 rings (SSSR count). The predicted octanol–water partition coefficient (Wildman–Crippen LogP) is 2.52. The number of hydrogen-bond donors (Lipinski definition) is 1. The molecule has 0 saturated carbocycles. The Labute approximate surface area is 161 Å². The minimum atomic E-state index is -3.74. The van der Waals surface area contributed by atoms with Gasteiger partial charge in [0.2, 0.25) is 10.0 Å². The lowest BCUT2D eigenvalue weighted by Crippen LogP contribution is -2.40. The fraction of sp³-hybridized carbons (Fsp3) is 0.263. The molecule has 0 spiro atoms. The molecule has 1 fully saturated rings. The number of ether oxygens (including phenoxy) is 1. The molecule has 0 atom stereocenters. The molecule has 8 nitrogen and oxygen atoms in total. The average Bonchev–Trinajstić information content (AvgIpc) is 3.13. The Morgan fingerprint density at radius 2 is 1.89 bits per heavy atom. The van der Waals surface area contributed by atoms with Crippen molar-refractivity contribution in [2.24, 2.45) is 0 Å². The van der Waals surface area contributed by atoms with Crippen LogP contribution in [0, 0.1) is 6.92 Å². The quantitative estimate of drug-likeness (QED) is 0.714. The van der Waals surface area contributed by atoms with Crippen molar-refractivity contribution in [1.82, 2.24) is 9.29 Å². The summed E-state index contributed by atoms with van der Waals surface area (Å²) < 4.78 is 37.9. The number of nitrogens with zero attached hydrogens (tertiary/aromatic N) is 2. The van der Waals surface area contributed by atoms with Gasteiger partial charge in [-0.05, 0) is 43.3 Å². The number of carboxylic acids is 1. The Hall–Kier alpha value is -2.75. The van der Waals surface area contributed by atoms with E-state index in [-0.39, 0.29) is 28.9 Å². The number of aromatic carboxylic acids is 1. The van der Waals surface area contributed by atoms with Gasteiger partial charge in [-0.1, -0.05) is 0 Å². The monoisotopic (exact) mass is 402 g/mol. The van der Waals surface area contributed by atoms with Gasteiger partial charge in [0, 0.05) is 18.5 Å². The van der Waals surface area contributed by atoms with Gasteiger partial charge < -0.3 is 14.3 Å². The van der Waals surface area contributed by atoms with E-state index in [0.717, 1.165) is 0 Å². The summed E-state index contributed by atoms with van der Waals surface area (Å²) in [4.78, 5) is 16.3. The first-order valence-corrected chi connectivity index (χ1v) is 10.1. The summed E-state index contributed by atoms with van der Waals surface area (Å²) in [6, 6.07) is 9.21. The first-order chi connectivity index (χ1) is 13.4. The van der Waals surface area contributed by atoms with Gasteiger partial charge in [0.05, 0.1) is 29.2 Å². The molecule has 2 aromatic heterocycles. The smallest absolute Gasteiger partial charge is 0.336 e. The SMILES string of the molecule is Cc1ccc(-c2cc(C(=O)O)c3cc(S(=O)(=O)N4CCOCC4)ccc3n2)o1. The summed E-state index contributed by atoms with van der Waals surface area (Å²) in [5.41, 5.74) is 0.722. The van der Waals surface area contributed by atoms with Gasteiger partial charge in [-0.25, -0.2) is 18.2 Å². The molecule has 146 valence electrons. The maximum atomic E-state index is 12.9.